The highest BCUT2D eigenvalue weighted by Crippen LogP contribution is 2.33. The number of hydrogen-bond acceptors (Lipinski definition) is 4. The predicted molar refractivity (Wildman–Crippen MR) is 78.8 cm³/mol. The van der Waals surface area contributed by atoms with Crippen LogP contribution in [0.15, 0.2) is 18.2 Å². The van der Waals surface area contributed by atoms with E-state index in [0.717, 1.165) is 37.1 Å². The molecule has 0 radical (unpaired) electrons. The molecule has 3 rings (SSSR count). The van der Waals surface area contributed by atoms with E-state index in [2.05, 4.69) is 5.32 Å². The number of methoxy groups -OCH3 is 1. The molecule has 1 aromatic rings. The van der Waals surface area contributed by atoms with Gasteiger partial charge in [-0.25, -0.2) is 0 Å². The first-order valence-electron chi connectivity index (χ1n) is 7.49. The standard InChI is InChI=1S/C16H21NO4/c1-19-13-5-2-11(3-6-13)16(18)17-12-4-7-14-15(10-12)21-9-8-20-14/h4,7,10-11,13H,2-3,5-6,8-9H2,1H3,(H,17,18). The third kappa shape index (κ3) is 3.29. The van der Waals surface area contributed by atoms with Gasteiger partial charge in [-0.1, -0.05) is 0 Å². The van der Waals surface area contributed by atoms with Gasteiger partial charge in [0, 0.05) is 24.8 Å². The van der Waals surface area contributed by atoms with Crippen molar-refractivity contribution in [2.75, 3.05) is 25.6 Å². The lowest BCUT2D eigenvalue weighted by Gasteiger charge is -2.27. The molecule has 1 aliphatic heterocycles. The molecule has 5 nitrogen and oxygen atoms in total. The summed E-state index contributed by atoms with van der Waals surface area (Å²) < 4.78 is 16.3. The van der Waals surface area contributed by atoms with Crippen LogP contribution in [0.5, 0.6) is 11.5 Å². The number of nitrogens with one attached hydrogen (secondary N) is 1. The number of ether oxygens (including phenoxy) is 3. The van der Waals surface area contributed by atoms with Crippen molar-refractivity contribution in [1.29, 1.82) is 0 Å². The number of fused-ring (bicyclic) bond motifs is 1. The highest BCUT2D eigenvalue weighted by Gasteiger charge is 2.26. The maximum absolute atomic E-state index is 12.3. The quantitative estimate of drug-likeness (QED) is 0.930. The van der Waals surface area contributed by atoms with Crippen molar-refractivity contribution in [3.63, 3.8) is 0 Å². The van der Waals surface area contributed by atoms with Crippen molar-refractivity contribution in [2.24, 2.45) is 5.92 Å². The van der Waals surface area contributed by atoms with Gasteiger partial charge in [0.2, 0.25) is 5.91 Å². The second kappa shape index (κ2) is 6.35. The zero-order chi connectivity index (χ0) is 14.7. The van der Waals surface area contributed by atoms with Crippen LogP contribution in [0, 0.1) is 5.92 Å². The summed E-state index contributed by atoms with van der Waals surface area (Å²) in [5, 5.41) is 2.98. The Balaban J connectivity index is 1.60. The molecule has 0 aromatic heterocycles. The summed E-state index contributed by atoms with van der Waals surface area (Å²) in [6, 6.07) is 5.52. The zero-order valence-corrected chi connectivity index (χ0v) is 12.3. The van der Waals surface area contributed by atoms with Crippen molar-refractivity contribution < 1.29 is 19.0 Å². The zero-order valence-electron chi connectivity index (χ0n) is 12.3. The first kappa shape index (κ1) is 14.2. The monoisotopic (exact) mass is 291 g/mol. The normalized spacial score (nSPS) is 24.4. The van der Waals surface area contributed by atoms with Crippen molar-refractivity contribution in [3.05, 3.63) is 18.2 Å². The highest BCUT2D eigenvalue weighted by atomic mass is 16.6. The van der Waals surface area contributed by atoms with Crippen molar-refractivity contribution >= 4 is 11.6 Å². The molecule has 21 heavy (non-hydrogen) atoms. The van der Waals surface area contributed by atoms with Crippen LogP contribution in [-0.2, 0) is 9.53 Å². The fourth-order valence-electron chi connectivity index (χ4n) is 2.93. The van der Waals surface area contributed by atoms with Crippen LogP contribution in [0.3, 0.4) is 0 Å². The average molecular weight is 291 g/mol. The van der Waals surface area contributed by atoms with Gasteiger partial charge >= 0.3 is 0 Å². The minimum atomic E-state index is 0.0737. The minimum absolute atomic E-state index is 0.0737. The molecule has 0 atom stereocenters. The number of amides is 1. The molecule has 0 spiro atoms. The van der Waals surface area contributed by atoms with E-state index in [0.29, 0.717) is 25.1 Å². The van der Waals surface area contributed by atoms with E-state index in [1.54, 1.807) is 7.11 Å². The topological polar surface area (TPSA) is 56.8 Å². The summed E-state index contributed by atoms with van der Waals surface area (Å²) in [5.41, 5.74) is 0.762. The van der Waals surface area contributed by atoms with Gasteiger partial charge in [0.15, 0.2) is 11.5 Å². The van der Waals surface area contributed by atoms with E-state index in [1.807, 2.05) is 18.2 Å². The van der Waals surface area contributed by atoms with Crippen LogP contribution in [0.4, 0.5) is 5.69 Å². The smallest absolute Gasteiger partial charge is 0.227 e. The Kier molecular flexibility index (Phi) is 4.29. The third-order valence-electron chi connectivity index (χ3n) is 4.19. The predicted octanol–water partition coefficient (Wildman–Crippen LogP) is 2.60. The lowest BCUT2D eigenvalue weighted by atomic mass is 9.87. The second-order valence-electron chi connectivity index (χ2n) is 5.56. The number of benzene rings is 1. The molecule has 1 fully saturated rings. The van der Waals surface area contributed by atoms with E-state index in [1.165, 1.54) is 0 Å². The van der Waals surface area contributed by atoms with E-state index >= 15 is 0 Å². The SMILES string of the molecule is COC1CCC(C(=O)Nc2ccc3c(c2)OCCO3)CC1. The Morgan fingerprint density at radius 3 is 2.57 bits per heavy atom. The van der Waals surface area contributed by atoms with Crippen LogP contribution in [0.1, 0.15) is 25.7 Å². The summed E-state index contributed by atoms with van der Waals surface area (Å²) in [6.45, 7) is 1.12. The maximum atomic E-state index is 12.3. The molecule has 1 amide bonds. The summed E-state index contributed by atoms with van der Waals surface area (Å²) in [6.07, 6.45) is 3.98. The average Bonchev–Trinajstić information content (AvgIpc) is 2.55. The van der Waals surface area contributed by atoms with E-state index < -0.39 is 0 Å². The molecule has 1 aromatic carbocycles. The van der Waals surface area contributed by atoms with Crippen LogP contribution in [0.2, 0.25) is 0 Å². The van der Waals surface area contributed by atoms with Gasteiger partial charge < -0.3 is 19.5 Å². The van der Waals surface area contributed by atoms with Gasteiger partial charge in [0.1, 0.15) is 13.2 Å². The number of carbonyl (C=O) groups is 1. The first-order valence-corrected chi connectivity index (χ1v) is 7.49. The molecule has 1 N–H and O–H groups in total. The minimum Gasteiger partial charge on any atom is -0.486 e. The molecule has 0 unspecified atom stereocenters. The van der Waals surface area contributed by atoms with Crippen LogP contribution < -0.4 is 14.8 Å². The molecule has 5 heteroatoms. The Morgan fingerprint density at radius 1 is 1.14 bits per heavy atom. The second-order valence-corrected chi connectivity index (χ2v) is 5.56. The Hall–Kier alpha value is -1.75. The number of rotatable bonds is 3. The number of anilines is 1. The largest absolute Gasteiger partial charge is 0.486 e. The molecule has 1 aliphatic carbocycles. The molecular formula is C16H21NO4. The van der Waals surface area contributed by atoms with Gasteiger partial charge in [0.25, 0.3) is 0 Å². The van der Waals surface area contributed by atoms with Gasteiger partial charge in [-0.3, -0.25) is 4.79 Å². The van der Waals surface area contributed by atoms with Crippen molar-refractivity contribution in [2.45, 2.75) is 31.8 Å². The van der Waals surface area contributed by atoms with E-state index in [-0.39, 0.29) is 11.8 Å². The molecule has 1 saturated carbocycles. The summed E-state index contributed by atoms with van der Waals surface area (Å²) >= 11 is 0. The van der Waals surface area contributed by atoms with E-state index in [4.69, 9.17) is 14.2 Å². The van der Waals surface area contributed by atoms with Crippen LogP contribution in [0.25, 0.3) is 0 Å². The molecule has 0 saturated heterocycles. The third-order valence-corrected chi connectivity index (χ3v) is 4.19. The summed E-state index contributed by atoms with van der Waals surface area (Å²) in [5.74, 6) is 1.59. The lowest BCUT2D eigenvalue weighted by molar-refractivity contribution is -0.121. The van der Waals surface area contributed by atoms with Crippen LogP contribution in [-0.4, -0.2) is 32.3 Å². The number of carbonyl (C=O) groups excluding carboxylic acids is 1. The Labute approximate surface area is 124 Å². The maximum Gasteiger partial charge on any atom is 0.227 e. The van der Waals surface area contributed by atoms with Gasteiger partial charge in [0.05, 0.1) is 6.10 Å². The fourth-order valence-corrected chi connectivity index (χ4v) is 2.93. The fraction of sp³-hybridized carbons (Fsp3) is 0.562. The molecule has 0 bridgehead atoms. The van der Waals surface area contributed by atoms with Gasteiger partial charge in [-0.2, -0.15) is 0 Å². The number of hydrogen-bond donors (Lipinski definition) is 1. The van der Waals surface area contributed by atoms with Gasteiger partial charge in [-0.15, -0.1) is 0 Å². The Bertz CT molecular complexity index is 509. The van der Waals surface area contributed by atoms with E-state index in [9.17, 15) is 4.79 Å². The highest BCUT2D eigenvalue weighted by molar-refractivity contribution is 5.92. The Morgan fingerprint density at radius 2 is 1.86 bits per heavy atom. The van der Waals surface area contributed by atoms with Crippen LogP contribution >= 0.6 is 0 Å². The molecular weight excluding hydrogens is 270 g/mol. The molecule has 1 heterocycles. The summed E-state index contributed by atoms with van der Waals surface area (Å²) in [4.78, 5) is 12.3. The van der Waals surface area contributed by atoms with Crippen molar-refractivity contribution in [1.82, 2.24) is 0 Å². The molecule has 114 valence electrons. The lowest BCUT2D eigenvalue weighted by Crippen LogP contribution is -2.29. The summed E-state index contributed by atoms with van der Waals surface area (Å²) in [7, 11) is 1.74. The van der Waals surface area contributed by atoms with Crippen molar-refractivity contribution in [3.8, 4) is 11.5 Å². The first-order chi connectivity index (χ1) is 10.3. The molecule has 2 aliphatic rings. The van der Waals surface area contributed by atoms with Gasteiger partial charge in [-0.05, 0) is 37.8 Å².